The van der Waals surface area contributed by atoms with E-state index >= 15 is 0 Å². The van der Waals surface area contributed by atoms with Crippen LogP contribution >= 0.6 is 22.7 Å². The smallest absolute Gasteiger partial charge is 0.408 e. The molecular formula is C62H60N12O9S2. The summed E-state index contributed by atoms with van der Waals surface area (Å²) in [7, 11) is 0. The summed E-state index contributed by atoms with van der Waals surface area (Å²) in [5.74, 6) is 1.23. The Kier molecular flexibility index (Phi) is 15.8. The second kappa shape index (κ2) is 24.0. The molecular weight excluding hydrogens is 1120 g/mol. The first-order chi connectivity index (χ1) is 41.2. The summed E-state index contributed by atoms with van der Waals surface area (Å²) in [6.45, 7) is 10.9. The van der Waals surface area contributed by atoms with Gasteiger partial charge < -0.3 is 43.5 Å². The molecule has 0 spiro atoms. The molecule has 4 amide bonds. The lowest BCUT2D eigenvalue weighted by Crippen LogP contribution is -2.47. The quantitative estimate of drug-likeness (QED) is 0.0970. The van der Waals surface area contributed by atoms with E-state index in [2.05, 4.69) is 35.8 Å². The average Bonchev–Trinajstić information content (AvgIpc) is 2.84. The lowest BCUT2D eigenvalue weighted by atomic mass is 10.0. The lowest BCUT2D eigenvalue weighted by Gasteiger charge is -2.30. The minimum absolute atomic E-state index is 0.160. The van der Waals surface area contributed by atoms with Gasteiger partial charge in [0, 0.05) is 18.7 Å². The van der Waals surface area contributed by atoms with Crippen LogP contribution in [0.1, 0.15) is 90.0 Å². The third-order valence-corrected chi connectivity index (χ3v) is 16.1. The third kappa shape index (κ3) is 12.4. The summed E-state index contributed by atoms with van der Waals surface area (Å²) in [4.78, 5) is 77.3. The van der Waals surface area contributed by atoms with Crippen LogP contribution in [0.2, 0.25) is 0 Å². The summed E-state index contributed by atoms with van der Waals surface area (Å²) in [5.41, 5.74) is 4.74. The first-order valence-electron chi connectivity index (χ1n) is 28.0. The van der Waals surface area contributed by atoms with Crippen molar-refractivity contribution in [3.8, 4) is 34.7 Å². The Labute approximate surface area is 495 Å². The molecule has 13 rings (SSSR count). The highest BCUT2D eigenvalue weighted by atomic mass is 32.1. The Morgan fingerprint density at radius 2 is 1.04 bits per heavy atom. The highest BCUT2D eigenvalue weighted by molar-refractivity contribution is 7.16. The van der Waals surface area contributed by atoms with Crippen LogP contribution in [0, 0.1) is 13.8 Å². The number of para-hydroxylation sites is 2. The van der Waals surface area contributed by atoms with Gasteiger partial charge in [-0.15, -0.1) is 0 Å². The number of ether oxygens (including phenoxy) is 3. The van der Waals surface area contributed by atoms with Crippen LogP contribution in [0.3, 0.4) is 0 Å². The molecule has 5 aromatic carbocycles. The summed E-state index contributed by atoms with van der Waals surface area (Å²) in [6.07, 6.45) is 6.18. The fourth-order valence-corrected chi connectivity index (χ4v) is 11.9. The first kappa shape index (κ1) is 56.0. The Morgan fingerprint density at radius 3 is 1.48 bits per heavy atom. The molecule has 0 radical (unpaired) electrons. The molecule has 0 unspecified atom stereocenters. The van der Waals surface area contributed by atoms with E-state index in [1.165, 1.54) is 22.7 Å². The monoisotopic (exact) mass is 1180 g/mol. The Morgan fingerprint density at radius 1 is 0.588 bits per heavy atom. The number of alkyl carbamates (subject to hydrolysis) is 1. The van der Waals surface area contributed by atoms with Gasteiger partial charge in [-0.3, -0.25) is 14.4 Å². The number of nitrogens with zero attached hydrogens (tertiary/aromatic N) is 10. The van der Waals surface area contributed by atoms with Crippen molar-refractivity contribution < 1.29 is 42.2 Å². The summed E-state index contributed by atoms with van der Waals surface area (Å²) < 4.78 is 33.5. The molecule has 23 heteroatoms. The van der Waals surface area contributed by atoms with Gasteiger partial charge in [0.1, 0.15) is 63.8 Å². The predicted octanol–water partition coefficient (Wildman–Crippen LogP) is 11.0. The van der Waals surface area contributed by atoms with Gasteiger partial charge in [-0.1, -0.05) is 114 Å². The van der Waals surface area contributed by atoms with E-state index < -0.39 is 23.8 Å². The van der Waals surface area contributed by atoms with Crippen molar-refractivity contribution in [3.63, 3.8) is 0 Å². The van der Waals surface area contributed by atoms with Gasteiger partial charge >= 0.3 is 6.09 Å². The van der Waals surface area contributed by atoms with Crippen molar-refractivity contribution in [1.82, 2.24) is 59.6 Å². The molecule has 6 aromatic heterocycles. The molecule has 0 saturated carbocycles. The van der Waals surface area contributed by atoms with Crippen molar-refractivity contribution in [1.29, 1.82) is 0 Å². The van der Waals surface area contributed by atoms with E-state index in [1.807, 2.05) is 122 Å². The Hall–Kier alpha value is -9.48. The van der Waals surface area contributed by atoms with E-state index in [4.69, 9.17) is 28.0 Å². The molecule has 21 nitrogen and oxygen atoms in total. The van der Waals surface area contributed by atoms with E-state index in [0.29, 0.717) is 81.1 Å². The molecule has 2 saturated heterocycles. The SMILES string of the molecule is Cc1nn2cc(-c3nc4c(OC[C@@H]5CCCN5C(=O)[C@H](NC(=O)OC(C)(C)C)c5ccccc5)cccc4o3)nc2s1.Cc1nn2cc(-c3nc4c(OC[C@@H]5CCCN5C(=O)[C@H](NC(=O)c5ccccc5)c5ccccc5)cccc4o3)nc2s1. The number of imidazole rings is 2. The van der Waals surface area contributed by atoms with Crippen LogP contribution in [0.15, 0.2) is 149 Å². The van der Waals surface area contributed by atoms with Crippen LogP contribution in [0.25, 0.3) is 55.3 Å². The fraction of sp³-hybridized carbons (Fsp3) is 0.290. The number of carbonyl (C=O) groups excluding carboxylic acids is 4. The Bertz CT molecular complexity index is 4130. The molecule has 11 aromatic rings. The highest BCUT2D eigenvalue weighted by Crippen LogP contribution is 2.35. The van der Waals surface area contributed by atoms with Gasteiger partial charge in [0.2, 0.25) is 33.5 Å². The molecule has 0 aliphatic carbocycles. The summed E-state index contributed by atoms with van der Waals surface area (Å²) in [6, 6.07) is 36.5. The van der Waals surface area contributed by atoms with E-state index in [-0.39, 0.29) is 43.0 Å². The van der Waals surface area contributed by atoms with Crippen LogP contribution < -0.4 is 20.1 Å². The van der Waals surface area contributed by atoms with Gasteiger partial charge in [-0.05, 0) is 108 Å². The average molecular weight is 1180 g/mol. The van der Waals surface area contributed by atoms with Gasteiger partial charge in [-0.25, -0.2) is 33.8 Å². The molecule has 85 heavy (non-hydrogen) atoms. The minimum atomic E-state index is -0.883. The van der Waals surface area contributed by atoms with Gasteiger partial charge in [0.15, 0.2) is 22.2 Å². The van der Waals surface area contributed by atoms with Crippen LogP contribution in [0.4, 0.5) is 4.79 Å². The normalized spacial score (nSPS) is 15.9. The molecule has 2 aliphatic rings. The molecule has 2 N–H and O–H groups in total. The van der Waals surface area contributed by atoms with Crippen LogP contribution in [-0.2, 0) is 14.3 Å². The molecule has 0 bridgehead atoms. The highest BCUT2D eigenvalue weighted by Gasteiger charge is 2.38. The van der Waals surface area contributed by atoms with Crippen molar-refractivity contribution in [2.24, 2.45) is 0 Å². The van der Waals surface area contributed by atoms with Crippen molar-refractivity contribution >= 4 is 78.6 Å². The number of aryl methyl sites for hydroxylation is 2. The van der Waals surface area contributed by atoms with Crippen LogP contribution in [0.5, 0.6) is 11.5 Å². The number of benzene rings is 5. The van der Waals surface area contributed by atoms with E-state index in [9.17, 15) is 19.2 Å². The fourth-order valence-electron chi connectivity index (χ4n) is 10.5. The predicted molar refractivity (Wildman–Crippen MR) is 319 cm³/mol. The third-order valence-electron chi connectivity index (χ3n) is 14.4. The minimum Gasteiger partial charge on any atom is -0.489 e. The summed E-state index contributed by atoms with van der Waals surface area (Å²) >= 11 is 2.99. The zero-order valence-electron chi connectivity index (χ0n) is 47.2. The zero-order valence-corrected chi connectivity index (χ0v) is 48.8. The number of rotatable bonds is 15. The number of carbonyl (C=O) groups is 4. The largest absolute Gasteiger partial charge is 0.489 e. The van der Waals surface area contributed by atoms with Crippen molar-refractivity contribution in [3.05, 3.63) is 166 Å². The topological polar surface area (TPSA) is 239 Å². The second-order valence-electron chi connectivity index (χ2n) is 21.6. The number of hydrogen-bond donors (Lipinski definition) is 2. The lowest BCUT2D eigenvalue weighted by molar-refractivity contribution is -0.135. The standard InChI is InChI=1S/C32H28N6O4S.C30H32N6O5S/c1-20-36-38-18-24(33-32(38)43-20)30-35-28-25(15-8-16-26(28)42-30)41-19-23-14-9-17-37(23)31(40)27(21-10-4-2-5-11-21)34-29(39)22-12-6-3-7-13-22;1-18-34-36-16-21(31-28(36)42-18)26-32-25-22(13-8-14-23(25)40-26)39-17-20-12-9-15-35(20)27(37)24(19-10-6-5-7-11-19)33-29(38)41-30(2,3)4/h2-8,10-13,15-16,18,23,27H,9,14,17,19H2,1H3,(H,34,39);5-8,10-11,13-14,16,20,24H,9,12,15,17H2,1-4H3,(H,33,38)/t23-,27+;20-,24+/m00/s1. The Balaban J connectivity index is 0.000000167. The molecule has 2 aliphatic heterocycles. The molecule has 4 atom stereocenters. The molecule has 434 valence electrons. The van der Waals surface area contributed by atoms with Gasteiger partial charge in [-0.2, -0.15) is 10.2 Å². The number of likely N-dealkylation sites (tertiary alicyclic amines) is 2. The van der Waals surface area contributed by atoms with E-state index in [0.717, 1.165) is 51.2 Å². The number of aromatic nitrogens is 8. The number of amides is 4. The molecule has 2 fully saturated rings. The van der Waals surface area contributed by atoms with Gasteiger partial charge in [0.25, 0.3) is 5.91 Å². The summed E-state index contributed by atoms with van der Waals surface area (Å²) in [5, 5.41) is 16.4. The zero-order chi connectivity index (χ0) is 58.8. The number of fused-ring (bicyclic) bond motifs is 4. The van der Waals surface area contributed by atoms with E-state index in [1.54, 1.807) is 71.4 Å². The maximum absolute atomic E-state index is 14.0. The van der Waals surface area contributed by atoms with Crippen molar-refractivity contribution in [2.75, 3.05) is 26.3 Å². The number of oxazole rings is 2. The maximum atomic E-state index is 14.0. The maximum Gasteiger partial charge on any atom is 0.408 e. The molecule has 8 heterocycles. The number of nitrogens with one attached hydrogen (secondary N) is 2. The van der Waals surface area contributed by atoms with Crippen molar-refractivity contribution in [2.45, 2.75) is 90.1 Å². The first-order valence-corrected chi connectivity index (χ1v) is 29.6. The van der Waals surface area contributed by atoms with Gasteiger partial charge in [0.05, 0.1) is 24.5 Å². The van der Waals surface area contributed by atoms with Crippen LogP contribution in [-0.4, -0.2) is 117 Å². The number of hydrogen-bond acceptors (Lipinski definition) is 17. The second-order valence-corrected chi connectivity index (χ2v) is 24.0.